The third kappa shape index (κ3) is 7.30. The second kappa shape index (κ2) is 8.70. The van der Waals surface area contributed by atoms with Gasteiger partial charge in [0.25, 0.3) is 0 Å². The van der Waals surface area contributed by atoms with E-state index in [1.807, 2.05) is 30.3 Å². The maximum Gasteiger partial charge on any atom is 0.229 e. The van der Waals surface area contributed by atoms with E-state index in [4.69, 9.17) is 0 Å². The Labute approximate surface area is 139 Å². The van der Waals surface area contributed by atoms with Gasteiger partial charge >= 0.3 is 0 Å². The van der Waals surface area contributed by atoms with Gasteiger partial charge in [0, 0.05) is 12.2 Å². The van der Waals surface area contributed by atoms with Crippen molar-refractivity contribution >= 4 is 15.7 Å². The Bertz CT molecular complexity index is 683. The van der Waals surface area contributed by atoms with Crippen molar-refractivity contribution in [2.24, 2.45) is 0 Å². The third-order valence-corrected chi connectivity index (χ3v) is 4.10. The molecule has 0 aliphatic heterocycles. The zero-order valence-electron chi connectivity index (χ0n) is 13.5. The first kappa shape index (κ1) is 17.5. The van der Waals surface area contributed by atoms with E-state index >= 15 is 0 Å². The topological polar surface area (TPSA) is 58.2 Å². The van der Waals surface area contributed by atoms with Crippen LogP contribution in [-0.2, 0) is 23.0 Å². The molecular weight excluding hydrogens is 308 g/mol. The van der Waals surface area contributed by atoms with E-state index in [1.54, 1.807) is 0 Å². The second-order valence-corrected chi connectivity index (χ2v) is 7.44. The van der Waals surface area contributed by atoms with Crippen molar-refractivity contribution in [1.82, 2.24) is 5.32 Å². The fraction of sp³-hybridized carbons (Fsp3) is 0.333. The van der Waals surface area contributed by atoms with Crippen LogP contribution in [0.2, 0.25) is 0 Å². The number of rotatable bonds is 9. The molecule has 2 rings (SSSR count). The summed E-state index contributed by atoms with van der Waals surface area (Å²) in [6, 6.07) is 18.0. The van der Waals surface area contributed by atoms with Gasteiger partial charge in [-0.15, -0.1) is 0 Å². The van der Waals surface area contributed by atoms with Gasteiger partial charge in [-0.2, -0.15) is 0 Å². The van der Waals surface area contributed by atoms with Crippen LogP contribution >= 0.6 is 0 Å². The van der Waals surface area contributed by atoms with Crippen LogP contribution < -0.4 is 10.0 Å². The molecule has 0 unspecified atom stereocenters. The third-order valence-electron chi connectivity index (χ3n) is 3.50. The van der Waals surface area contributed by atoms with Crippen molar-refractivity contribution in [3.05, 3.63) is 65.7 Å². The Morgan fingerprint density at radius 2 is 1.57 bits per heavy atom. The van der Waals surface area contributed by atoms with E-state index in [2.05, 4.69) is 34.3 Å². The Morgan fingerprint density at radius 1 is 0.870 bits per heavy atom. The molecular formula is C18H24N2O2S. The van der Waals surface area contributed by atoms with Crippen molar-refractivity contribution in [3.8, 4) is 0 Å². The number of sulfonamides is 1. The highest BCUT2D eigenvalue weighted by Gasteiger charge is 2.01. The van der Waals surface area contributed by atoms with E-state index in [0.29, 0.717) is 5.69 Å². The molecule has 0 spiro atoms. The molecule has 0 amide bonds. The first-order valence-corrected chi connectivity index (χ1v) is 9.73. The number of anilines is 1. The Kier molecular flexibility index (Phi) is 6.62. The predicted molar refractivity (Wildman–Crippen MR) is 96.0 cm³/mol. The van der Waals surface area contributed by atoms with Crippen LogP contribution in [0.4, 0.5) is 5.69 Å². The maximum absolute atomic E-state index is 11.1. The molecule has 0 aliphatic rings. The maximum atomic E-state index is 11.1. The van der Waals surface area contributed by atoms with Crippen molar-refractivity contribution in [2.45, 2.75) is 25.8 Å². The molecule has 2 aromatic carbocycles. The summed E-state index contributed by atoms with van der Waals surface area (Å²) in [5.74, 6) is 0. The minimum atomic E-state index is -3.20. The van der Waals surface area contributed by atoms with Gasteiger partial charge in [0.15, 0.2) is 0 Å². The van der Waals surface area contributed by atoms with Crippen LogP contribution in [0.3, 0.4) is 0 Å². The average molecular weight is 332 g/mol. The lowest BCUT2D eigenvalue weighted by molar-refractivity contribution is 0.607. The van der Waals surface area contributed by atoms with Crippen molar-refractivity contribution in [3.63, 3.8) is 0 Å². The average Bonchev–Trinajstić information content (AvgIpc) is 2.52. The molecule has 0 saturated carbocycles. The lowest BCUT2D eigenvalue weighted by Gasteiger charge is -2.07. The highest BCUT2D eigenvalue weighted by molar-refractivity contribution is 7.92. The first-order valence-electron chi connectivity index (χ1n) is 7.84. The minimum Gasteiger partial charge on any atom is -0.313 e. The molecule has 5 heteroatoms. The molecule has 0 fully saturated rings. The van der Waals surface area contributed by atoms with E-state index in [-0.39, 0.29) is 0 Å². The zero-order valence-corrected chi connectivity index (χ0v) is 14.3. The summed E-state index contributed by atoms with van der Waals surface area (Å²) in [4.78, 5) is 0. The summed E-state index contributed by atoms with van der Waals surface area (Å²) in [6.07, 6.45) is 4.40. The zero-order chi connectivity index (χ0) is 16.5. The molecule has 0 heterocycles. The van der Waals surface area contributed by atoms with Crippen LogP contribution in [0.5, 0.6) is 0 Å². The predicted octanol–water partition coefficient (Wildman–Crippen LogP) is 3.17. The van der Waals surface area contributed by atoms with Gasteiger partial charge < -0.3 is 5.32 Å². The molecule has 0 aromatic heterocycles. The summed E-state index contributed by atoms with van der Waals surface area (Å²) < 4.78 is 24.8. The summed E-state index contributed by atoms with van der Waals surface area (Å²) in [5.41, 5.74) is 3.15. The normalized spacial score (nSPS) is 11.3. The molecule has 2 aromatic rings. The number of nitrogens with one attached hydrogen (secondary N) is 2. The smallest absolute Gasteiger partial charge is 0.229 e. The van der Waals surface area contributed by atoms with Gasteiger partial charge in [0.1, 0.15) is 0 Å². The fourth-order valence-corrected chi connectivity index (χ4v) is 2.93. The molecule has 0 aliphatic carbocycles. The fourth-order valence-electron chi connectivity index (χ4n) is 2.36. The highest BCUT2D eigenvalue weighted by Crippen LogP contribution is 2.12. The van der Waals surface area contributed by atoms with Crippen molar-refractivity contribution in [1.29, 1.82) is 0 Å². The number of unbranched alkanes of at least 4 members (excludes halogenated alkanes) is 1. The lowest BCUT2D eigenvalue weighted by atomic mass is 10.1. The van der Waals surface area contributed by atoms with Gasteiger partial charge in [0.2, 0.25) is 10.0 Å². The van der Waals surface area contributed by atoms with E-state index < -0.39 is 10.0 Å². The monoisotopic (exact) mass is 332 g/mol. The largest absolute Gasteiger partial charge is 0.313 e. The van der Waals surface area contributed by atoms with Crippen LogP contribution in [0, 0.1) is 0 Å². The lowest BCUT2D eigenvalue weighted by Crippen LogP contribution is -2.14. The molecule has 4 nitrogen and oxygen atoms in total. The molecule has 2 N–H and O–H groups in total. The van der Waals surface area contributed by atoms with Crippen LogP contribution in [0.15, 0.2) is 54.6 Å². The molecule has 0 atom stereocenters. The Hall–Kier alpha value is -1.85. The van der Waals surface area contributed by atoms with Gasteiger partial charge in [0.05, 0.1) is 6.26 Å². The summed E-state index contributed by atoms with van der Waals surface area (Å²) >= 11 is 0. The minimum absolute atomic E-state index is 0.612. The number of hydrogen-bond acceptors (Lipinski definition) is 3. The quantitative estimate of drug-likeness (QED) is 0.694. The van der Waals surface area contributed by atoms with E-state index in [0.717, 1.165) is 38.6 Å². The van der Waals surface area contributed by atoms with Gasteiger partial charge in [-0.25, -0.2) is 8.42 Å². The SMILES string of the molecule is CS(=O)(=O)Nc1ccc(CCCCNCc2ccccc2)cc1. The summed E-state index contributed by atoms with van der Waals surface area (Å²) in [5, 5.41) is 3.45. The first-order chi connectivity index (χ1) is 11.0. The number of hydrogen-bond donors (Lipinski definition) is 2. The molecule has 0 radical (unpaired) electrons. The summed E-state index contributed by atoms with van der Waals surface area (Å²) in [6.45, 7) is 1.91. The molecule has 0 saturated heterocycles. The Morgan fingerprint density at radius 3 is 2.22 bits per heavy atom. The van der Waals surface area contributed by atoms with Crippen molar-refractivity contribution in [2.75, 3.05) is 17.5 Å². The Balaban J connectivity index is 1.62. The number of aryl methyl sites for hydroxylation is 1. The van der Waals surface area contributed by atoms with Crippen LogP contribution in [0.1, 0.15) is 24.0 Å². The molecule has 124 valence electrons. The highest BCUT2D eigenvalue weighted by atomic mass is 32.2. The van der Waals surface area contributed by atoms with Crippen LogP contribution in [-0.4, -0.2) is 21.2 Å². The van der Waals surface area contributed by atoms with Crippen LogP contribution in [0.25, 0.3) is 0 Å². The molecule has 0 bridgehead atoms. The molecule has 23 heavy (non-hydrogen) atoms. The van der Waals surface area contributed by atoms with Gasteiger partial charge in [-0.05, 0) is 49.1 Å². The summed E-state index contributed by atoms with van der Waals surface area (Å²) in [7, 11) is -3.20. The standard InChI is InChI=1S/C18H24N2O2S/c1-23(21,22)20-18-12-10-16(11-13-18)7-5-6-14-19-15-17-8-3-2-4-9-17/h2-4,8-13,19-20H,5-7,14-15H2,1H3. The van der Waals surface area contributed by atoms with E-state index in [9.17, 15) is 8.42 Å². The van der Waals surface area contributed by atoms with E-state index in [1.165, 1.54) is 11.1 Å². The van der Waals surface area contributed by atoms with Crippen molar-refractivity contribution < 1.29 is 8.42 Å². The van der Waals surface area contributed by atoms with Gasteiger partial charge in [-0.1, -0.05) is 42.5 Å². The van der Waals surface area contributed by atoms with Gasteiger partial charge in [-0.3, -0.25) is 4.72 Å². The second-order valence-electron chi connectivity index (χ2n) is 5.69. The number of benzene rings is 2.